The molecule has 36 heavy (non-hydrogen) atoms. The highest BCUT2D eigenvalue weighted by atomic mass is 19.1. The maximum atomic E-state index is 15.4. The van der Waals surface area contributed by atoms with E-state index in [2.05, 4.69) is 5.16 Å². The van der Waals surface area contributed by atoms with Crippen molar-refractivity contribution in [3.05, 3.63) is 69.5 Å². The maximum absolute atomic E-state index is 15.4. The standard InChI is InChI=1S/C25H24F2N4O5/c1-14-13-36-24-21-17(23(32)18(25(33)34)11-31(14)21)10-19(27)22(24)30-8-6-29(7-9-30)12-20(28-35)15-2-4-16(26)5-3-15/h2-5,10-11,14,35H,6-9,12-13H2,1H3,(H,33,34)/b28-20+/t14-/m0/s1. The lowest BCUT2D eigenvalue weighted by molar-refractivity contribution is 0.0694. The smallest absolute Gasteiger partial charge is 0.341 e. The molecular weight excluding hydrogens is 474 g/mol. The molecule has 1 aromatic heterocycles. The summed E-state index contributed by atoms with van der Waals surface area (Å²) in [5.41, 5.74) is 0.456. The Labute approximate surface area is 204 Å². The van der Waals surface area contributed by atoms with E-state index < -0.39 is 22.8 Å². The van der Waals surface area contributed by atoms with Gasteiger partial charge in [-0.05, 0) is 25.1 Å². The van der Waals surface area contributed by atoms with Crippen LogP contribution in [-0.4, -0.2) is 70.8 Å². The molecule has 0 amide bonds. The number of carboxylic acid groups (broad SMARTS) is 1. The largest absolute Gasteiger partial charge is 0.487 e. The van der Waals surface area contributed by atoms with E-state index in [9.17, 15) is 24.3 Å². The van der Waals surface area contributed by atoms with Crippen LogP contribution in [0, 0.1) is 11.6 Å². The molecule has 3 heterocycles. The number of aromatic carboxylic acids is 1. The number of carbonyl (C=O) groups is 1. The number of pyridine rings is 1. The van der Waals surface area contributed by atoms with E-state index >= 15 is 4.39 Å². The molecule has 3 aromatic rings. The molecule has 11 heteroatoms. The Morgan fingerprint density at radius 2 is 1.86 bits per heavy atom. The topological polar surface area (TPSA) is 108 Å². The summed E-state index contributed by atoms with van der Waals surface area (Å²) in [6.45, 7) is 4.29. The summed E-state index contributed by atoms with van der Waals surface area (Å²) in [6.07, 6.45) is 1.30. The third-order valence-electron chi connectivity index (χ3n) is 6.73. The minimum Gasteiger partial charge on any atom is -0.487 e. The molecule has 2 N–H and O–H groups in total. The van der Waals surface area contributed by atoms with Gasteiger partial charge in [-0.25, -0.2) is 13.6 Å². The number of nitrogens with zero attached hydrogens (tertiary/aromatic N) is 4. The van der Waals surface area contributed by atoms with E-state index in [1.165, 1.54) is 18.3 Å². The number of hydrogen-bond donors (Lipinski definition) is 2. The number of halogens is 2. The molecule has 1 atom stereocenters. The van der Waals surface area contributed by atoms with E-state index in [-0.39, 0.29) is 35.3 Å². The van der Waals surface area contributed by atoms with Gasteiger partial charge in [-0.2, -0.15) is 0 Å². The number of piperazine rings is 1. The summed E-state index contributed by atoms with van der Waals surface area (Å²) < 4.78 is 36.2. The Kier molecular flexibility index (Phi) is 6.09. The normalized spacial score (nSPS) is 18.4. The molecule has 9 nitrogen and oxygen atoms in total. The van der Waals surface area contributed by atoms with Crippen LogP contribution < -0.4 is 15.1 Å². The first-order valence-corrected chi connectivity index (χ1v) is 11.5. The van der Waals surface area contributed by atoms with Crippen LogP contribution >= 0.6 is 0 Å². The highest BCUT2D eigenvalue weighted by Gasteiger charge is 2.31. The zero-order valence-corrected chi connectivity index (χ0v) is 19.4. The summed E-state index contributed by atoms with van der Waals surface area (Å²) in [7, 11) is 0. The lowest BCUT2D eigenvalue weighted by atomic mass is 10.1. The first-order chi connectivity index (χ1) is 17.3. The van der Waals surface area contributed by atoms with Crippen LogP contribution in [0.3, 0.4) is 0 Å². The van der Waals surface area contributed by atoms with E-state index in [0.717, 1.165) is 6.07 Å². The molecule has 2 aliphatic rings. The number of carboxylic acids is 1. The summed E-state index contributed by atoms with van der Waals surface area (Å²) in [4.78, 5) is 28.2. The van der Waals surface area contributed by atoms with Gasteiger partial charge in [0, 0.05) is 44.5 Å². The van der Waals surface area contributed by atoms with Gasteiger partial charge < -0.3 is 24.5 Å². The average molecular weight is 498 g/mol. The predicted octanol–water partition coefficient (Wildman–Crippen LogP) is 2.93. The first kappa shape index (κ1) is 23.7. The van der Waals surface area contributed by atoms with Gasteiger partial charge in [0.2, 0.25) is 5.43 Å². The quantitative estimate of drug-likeness (QED) is 0.316. The van der Waals surface area contributed by atoms with Crippen LogP contribution in [0.15, 0.2) is 46.5 Å². The predicted molar refractivity (Wildman–Crippen MR) is 129 cm³/mol. The van der Waals surface area contributed by atoms with Gasteiger partial charge in [-0.1, -0.05) is 17.3 Å². The Morgan fingerprint density at radius 3 is 2.50 bits per heavy atom. The van der Waals surface area contributed by atoms with Crippen LogP contribution in [0.4, 0.5) is 14.5 Å². The van der Waals surface area contributed by atoms with E-state index in [1.54, 1.807) is 16.7 Å². The number of aromatic nitrogens is 1. The third-order valence-corrected chi connectivity index (χ3v) is 6.73. The van der Waals surface area contributed by atoms with Crippen molar-refractivity contribution in [2.24, 2.45) is 5.16 Å². The van der Waals surface area contributed by atoms with Gasteiger partial charge in [0.1, 0.15) is 29.4 Å². The Balaban J connectivity index is 1.43. The van der Waals surface area contributed by atoms with Gasteiger partial charge in [-0.3, -0.25) is 9.69 Å². The Morgan fingerprint density at radius 1 is 1.17 bits per heavy atom. The fourth-order valence-electron chi connectivity index (χ4n) is 4.82. The summed E-state index contributed by atoms with van der Waals surface area (Å²) in [5.74, 6) is -2.17. The zero-order valence-electron chi connectivity index (χ0n) is 19.4. The van der Waals surface area contributed by atoms with Gasteiger partial charge >= 0.3 is 5.97 Å². The number of anilines is 1. The Bertz CT molecular complexity index is 1430. The van der Waals surface area contributed by atoms with Crippen molar-refractivity contribution in [2.75, 3.05) is 44.2 Å². The van der Waals surface area contributed by atoms with Crippen molar-refractivity contribution >= 4 is 28.3 Å². The van der Waals surface area contributed by atoms with Gasteiger partial charge in [0.15, 0.2) is 11.6 Å². The number of hydrogen-bond acceptors (Lipinski definition) is 7. The second-order valence-corrected chi connectivity index (χ2v) is 8.99. The molecular formula is C25H24F2N4O5. The van der Waals surface area contributed by atoms with Crippen LogP contribution in [0.1, 0.15) is 28.9 Å². The fraction of sp³-hybridized carbons (Fsp3) is 0.320. The van der Waals surface area contributed by atoms with Crippen molar-refractivity contribution in [3.8, 4) is 5.75 Å². The third kappa shape index (κ3) is 4.05. The van der Waals surface area contributed by atoms with Crippen molar-refractivity contribution in [1.82, 2.24) is 9.47 Å². The van der Waals surface area contributed by atoms with Crippen LogP contribution in [0.25, 0.3) is 10.9 Å². The van der Waals surface area contributed by atoms with Crippen molar-refractivity contribution in [2.45, 2.75) is 13.0 Å². The zero-order chi connectivity index (χ0) is 25.6. The lowest BCUT2D eigenvalue weighted by Gasteiger charge is -2.38. The molecule has 1 saturated heterocycles. The van der Waals surface area contributed by atoms with Crippen molar-refractivity contribution in [1.29, 1.82) is 0 Å². The number of benzene rings is 2. The minimum atomic E-state index is -1.36. The summed E-state index contributed by atoms with van der Waals surface area (Å²) in [5, 5.41) is 22.3. The fourth-order valence-corrected chi connectivity index (χ4v) is 4.82. The summed E-state index contributed by atoms with van der Waals surface area (Å²) >= 11 is 0. The number of ether oxygens (including phenoxy) is 1. The van der Waals surface area contributed by atoms with E-state index in [1.807, 2.05) is 16.7 Å². The molecule has 0 radical (unpaired) electrons. The highest BCUT2D eigenvalue weighted by molar-refractivity contribution is 6.01. The number of rotatable bonds is 5. The average Bonchev–Trinajstić information content (AvgIpc) is 2.86. The molecule has 0 saturated carbocycles. The molecule has 0 unspecified atom stereocenters. The van der Waals surface area contributed by atoms with Crippen LogP contribution in [-0.2, 0) is 0 Å². The SMILES string of the molecule is C[C@H]1COc2c(N3CCN(C/C(=N\O)c4ccc(F)cc4)CC3)c(F)cc3c(=O)c(C(=O)O)cn1c23. The second-order valence-electron chi connectivity index (χ2n) is 8.99. The molecule has 2 aromatic carbocycles. The highest BCUT2D eigenvalue weighted by Crippen LogP contribution is 2.42. The van der Waals surface area contributed by atoms with Gasteiger partial charge in [0.25, 0.3) is 0 Å². The molecule has 2 aliphatic heterocycles. The lowest BCUT2D eigenvalue weighted by Crippen LogP contribution is -2.48. The first-order valence-electron chi connectivity index (χ1n) is 11.5. The van der Waals surface area contributed by atoms with Crippen LogP contribution in [0.5, 0.6) is 5.75 Å². The van der Waals surface area contributed by atoms with Crippen LogP contribution in [0.2, 0.25) is 0 Å². The number of oxime groups is 1. The van der Waals surface area contributed by atoms with Gasteiger partial charge in [0.05, 0.1) is 16.9 Å². The maximum Gasteiger partial charge on any atom is 0.341 e. The molecule has 0 aliphatic carbocycles. The van der Waals surface area contributed by atoms with Crippen molar-refractivity contribution in [3.63, 3.8) is 0 Å². The summed E-state index contributed by atoms with van der Waals surface area (Å²) in [6, 6.07) is 6.54. The monoisotopic (exact) mass is 498 g/mol. The molecule has 188 valence electrons. The second kappa shape index (κ2) is 9.23. The van der Waals surface area contributed by atoms with E-state index in [4.69, 9.17) is 4.74 Å². The van der Waals surface area contributed by atoms with Crippen molar-refractivity contribution < 1.29 is 28.6 Å². The Hall–Kier alpha value is -3.99. The molecule has 5 rings (SSSR count). The minimum absolute atomic E-state index is 0.0283. The van der Waals surface area contributed by atoms with E-state index in [0.29, 0.717) is 49.5 Å². The molecule has 1 fully saturated rings. The van der Waals surface area contributed by atoms with Gasteiger partial charge in [-0.15, -0.1) is 0 Å². The molecule has 0 spiro atoms. The molecule has 0 bridgehead atoms.